The molecule has 0 aromatic carbocycles. The molecule has 1 saturated heterocycles. The molecule has 1 aliphatic heterocycles. The summed E-state index contributed by atoms with van der Waals surface area (Å²) >= 11 is 0. The Morgan fingerprint density at radius 3 is 2.12 bits per heavy atom. The van der Waals surface area contributed by atoms with Gasteiger partial charge in [-0.2, -0.15) is 0 Å². The number of halogens is 1. The lowest BCUT2D eigenvalue weighted by atomic mass is 9.80. The van der Waals surface area contributed by atoms with Crippen LogP contribution in [-0.2, 0) is 9.31 Å². The van der Waals surface area contributed by atoms with Gasteiger partial charge in [-0.25, -0.2) is 0 Å². The minimum Gasteiger partial charge on any atom is -0.506 e. The SMILES string of the molecule is CC1(C)OB(c2cncc(O)c2)OC1(C)C.Cl. The molecule has 0 spiro atoms. The van der Waals surface area contributed by atoms with Gasteiger partial charge in [0, 0.05) is 11.7 Å². The van der Waals surface area contributed by atoms with Crippen molar-refractivity contribution in [1.29, 1.82) is 0 Å². The van der Waals surface area contributed by atoms with Crippen LogP contribution >= 0.6 is 12.4 Å². The highest BCUT2D eigenvalue weighted by Gasteiger charge is 2.51. The first-order valence-electron chi connectivity index (χ1n) is 5.31. The zero-order valence-corrected chi connectivity index (χ0v) is 11.2. The average Bonchev–Trinajstić information content (AvgIpc) is 2.36. The van der Waals surface area contributed by atoms with E-state index in [0.29, 0.717) is 0 Å². The third kappa shape index (κ3) is 2.56. The fraction of sp³-hybridized carbons (Fsp3) is 0.545. The predicted molar refractivity (Wildman–Crippen MR) is 68.9 cm³/mol. The van der Waals surface area contributed by atoms with Crippen LogP contribution in [0.3, 0.4) is 0 Å². The largest absolute Gasteiger partial charge is 0.506 e. The first kappa shape index (κ1) is 14.3. The summed E-state index contributed by atoms with van der Waals surface area (Å²) < 4.78 is 11.7. The lowest BCUT2D eigenvalue weighted by Crippen LogP contribution is -2.41. The zero-order chi connectivity index (χ0) is 12.0. The Kier molecular flexibility index (Phi) is 3.76. The minimum atomic E-state index is -0.468. The van der Waals surface area contributed by atoms with Crippen LogP contribution in [-0.4, -0.2) is 28.4 Å². The molecule has 94 valence electrons. The first-order chi connectivity index (χ1) is 7.32. The van der Waals surface area contributed by atoms with Crippen LogP contribution in [0.4, 0.5) is 0 Å². The summed E-state index contributed by atoms with van der Waals surface area (Å²) in [5, 5.41) is 9.36. The van der Waals surface area contributed by atoms with Crippen molar-refractivity contribution in [2.24, 2.45) is 0 Å². The summed E-state index contributed by atoms with van der Waals surface area (Å²) in [6.07, 6.45) is 3.02. The van der Waals surface area contributed by atoms with E-state index in [1.807, 2.05) is 27.7 Å². The number of pyridine rings is 1. The van der Waals surface area contributed by atoms with Gasteiger partial charge in [0.25, 0.3) is 0 Å². The first-order valence-corrected chi connectivity index (χ1v) is 5.31. The number of rotatable bonds is 1. The normalized spacial score (nSPS) is 21.1. The minimum absolute atomic E-state index is 0. The fourth-order valence-electron chi connectivity index (χ4n) is 1.55. The summed E-state index contributed by atoms with van der Waals surface area (Å²) in [6.45, 7) is 7.96. The summed E-state index contributed by atoms with van der Waals surface area (Å²) in [5.74, 6) is 0.118. The van der Waals surface area contributed by atoms with Crippen molar-refractivity contribution in [2.75, 3.05) is 0 Å². The molecule has 1 N–H and O–H groups in total. The zero-order valence-electron chi connectivity index (χ0n) is 10.4. The maximum absolute atomic E-state index is 9.36. The topological polar surface area (TPSA) is 51.6 Å². The maximum Gasteiger partial charge on any atom is 0.496 e. The quantitative estimate of drug-likeness (QED) is 0.775. The number of aromatic nitrogens is 1. The van der Waals surface area contributed by atoms with Crippen LogP contribution < -0.4 is 5.46 Å². The molecule has 0 unspecified atom stereocenters. The molecule has 0 amide bonds. The summed E-state index contributed by atoms with van der Waals surface area (Å²) in [6, 6.07) is 1.61. The third-order valence-corrected chi connectivity index (χ3v) is 3.27. The van der Waals surface area contributed by atoms with Crippen molar-refractivity contribution in [3.63, 3.8) is 0 Å². The van der Waals surface area contributed by atoms with Crippen molar-refractivity contribution >= 4 is 25.0 Å². The lowest BCUT2D eigenvalue weighted by Gasteiger charge is -2.32. The van der Waals surface area contributed by atoms with Crippen molar-refractivity contribution in [2.45, 2.75) is 38.9 Å². The van der Waals surface area contributed by atoms with Gasteiger partial charge >= 0.3 is 7.12 Å². The van der Waals surface area contributed by atoms with Crippen molar-refractivity contribution < 1.29 is 14.4 Å². The molecule has 1 aromatic rings. The molecule has 4 nitrogen and oxygen atoms in total. The molecule has 0 saturated carbocycles. The van der Waals surface area contributed by atoms with Crippen molar-refractivity contribution in [3.05, 3.63) is 18.5 Å². The van der Waals surface area contributed by atoms with E-state index in [-0.39, 0.29) is 29.4 Å². The van der Waals surface area contributed by atoms with Gasteiger partial charge < -0.3 is 14.4 Å². The number of hydrogen-bond donors (Lipinski definition) is 1. The smallest absolute Gasteiger partial charge is 0.496 e. The predicted octanol–water partition coefficient (Wildman–Crippen LogP) is 1.51. The highest BCUT2D eigenvalue weighted by molar-refractivity contribution is 6.62. The van der Waals surface area contributed by atoms with Gasteiger partial charge in [-0.3, -0.25) is 4.98 Å². The Morgan fingerprint density at radius 2 is 1.65 bits per heavy atom. The fourth-order valence-corrected chi connectivity index (χ4v) is 1.55. The van der Waals surface area contributed by atoms with Crippen molar-refractivity contribution in [1.82, 2.24) is 4.98 Å². The van der Waals surface area contributed by atoms with Crippen LogP contribution in [0.15, 0.2) is 18.5 Å². The van der Waals surface area contributed by atoms with E-state index in [2.05, 4.69) is 4.98 Å². The van der Waals surface area contributed by atoms with Gasteiger partial charge in [-0.1, -0.05) is 0 Å². The molecule has 17 heavy (non-hydrogen) atoms. The van der Waals surface area contributed by atoms with E-state index in [1.54, 1.807) is 12.3 Å². The van der Waals surface area contributed by atoms with Gasteiger partial charge in [-0.15, -0.1) is 12.4 Å². The molecule has 1 aromatic heterocycles. The number of nitrogens with zero attached hydrogens (tertiary/aromatic N) is 1. The van der Waals surface area contributed by atoms with Crippen LogP contribution in [0.1, 0.15) is 27.7 Å². The molecule has 1 fully saturated rings. The molecule has 1 aliphatic rings. The lowest BCUT2D eigenvalue weighted by molar-refractivity contribution is 0.00578. The average molecular weight is 258 g/mol. The van der Waals surface area contributed by atoms with Gasteiger partial charge in [-0.05, 0) is 33.8 Å². The van der Waals surface area contributed by atoms with E-state index >= 15 is 0 Å². The van der Waals surface area contributed by atoms with Crippen LogP contribution in [0, 0.1) is 0 Å². The standard InChI is InChI=1S/C11H16BNO3.ClH/c1-10(2)11(3,4)16-12(15-10)8-5-9(14)7-13-6-8;/h5-7,14H,1-4H3;1H. The molecule has 2 rings (SSSR count). The molecule has 6 heteroatoms. The monoisotopic (exact) mass is 257 g/mol. The molecule has 0 bridgehead atoms. The summed E-state index contributed by atoms with van der Waals surface area (Å²) in [7, 11) is -0.468. The third-order valence-electron chi connectivity index (χ3n) is 3.27. The second-order valence-corrected chi connectivity index (χ2v) is 5.06. The van der Waals surface area contributed by atoms with Crippen LogP contribution in [0.25, 0.3) is 0 Å². The van der Waals surface area contributed by atoms with Crippen molar-refractivity contribution in [3.8, 4) is 5.75 Å². The molecular formula is C11H17BClNO3. The maximum atomic E-state index is 9.36. The second-order valence-electron chi connectivity index (χ2n) is 5.06. The van der Waals surface area contributed by atoms with Gasteiger partial charge in [0.1, 0.15) is 5.75 Å². The molecule has 0 radical (unpaired) electrons. The summed E-state index contributed by atoms with van der Waals surface area (Å²) in [4.78, 5) is 3.91. The van der Waals surface area contributed by atoms with E-state index < -0.39 is 7.12 Å². The van der Waals surface area contributed by atoms with E-state index in [0.717, 1.165) is 5.46 Å². The summed E-state index contributed by atoms with van der Waals surface area (Å²) in [5.41, 5.74) is -0.00893. The molecule has 0 aliphatic carbocycles. The Balaban J connectivity index is 0.00000144. The molecular weight excluding hydrogens is 240 g/mol. The van der Waals surface area contributed by atoms with E-state index in [1.165, 1.54) is 6.20 Å². The van der Waals surface area contributed by atoms with Gasteiger partial charge in [0.15, 0.2) is 0 Å². The van der Waals surface area contributed by atoms with Crippen LogP contribution in [0.2, 0.25) is 0 Å². The van der Waals surface area contributed by atoms with E-state index in [4.69, 9.17) is 9.31 Å². The van der Waals surface area contributed by atoms with Gasteiger partial charge in [0.05, 0.1) is 17.4 Å². The highest BCUT2D eigenvalue weighted by Crippen LogP contribution is 2.36. The van der Waals surface area contributed by atoms with Gasteiger partial charge in [0.2, 0.25) is 0 Å². The Bertz CT molecular complexity index is 395. The Labute approximate surface area is 108 Å². The van der Waals surface area contributed by atoms with E-state index in [9.17, 15) is 5.11 Å². The number of hydrogen-bond acceptors (Lipinski definition) is 4. The second kappa shape index (κ2) is 4.48. The molecule has 2 heterocycles. The highest BCUT2D eigenvalue weighted by atomic mass is 35.5. The Morgan fingerprint density at radius 1 is 1.12 bits per heavy atom. The molecule has 0 atom stereocenters. The Hall–Kier alpha value is -0.775. The van der Waals surface area contributed by atoms with Crippen LogP contribution in [0.5, 0.6) is 5.75 Å². The number of aromatic hydroxyl groups is 1.